The van der Waals surface area contributed by atoms with Gasteiger partial charge in [0.15, 0.2) is 11.8 Å². The lowest BCUT2D eigenvalue weighted by Gasteiger charge is -2.12. The molecule has 4 rings (SSSR count). The molecule has 2 aromatic heterocycles. The van der Waals surface area contributed by atoms with Crippen LogP contribution in [0.4, 0.5) is 5.95 Å². The maximum absolute atomic E-state index is 12.2. The highest BCUT2D eigenvalue weighted by molar-refractivity contribution is 7.98. The van der Waals surface area contributed by atoms with Gasteiger partial charge in [-0.3, -0.25) is 10.1 Å². The average Bonchev–Trinajstić information content (AvgIpc) is 3.29. The van der Waals surface area contributed by atoms with Gasteiger partial charge in [0.25, 0.3) is 5.91 Å². The number of hydrogen-bond acceptors (Lipinski definition) is 7. The summed E-state index contributed by atoms with van der Waals surface area (Å²) in [6.45, 7) is 1.62. The second kappa shape index (κ2) is 7.31. The Kier molecular flexibility index (Phi) is 4.84. The number of carbonyl (C=O) groups excluding carboxylic acids is 1. The molecule has 0 bridgehead atoms. The van der Waals surface area contributed by atoms with Crippen LogP contribution in [0.25, 0.3) is 11.0 Å². The summed E-state index contributed by atoms with van der Waals surface area (Å²) >= 11 is 1.44. The fraction of sp³-hybridized carbons (Fsp3) is 0.368. The van der Waals surface area contributed by atoms with E-state index in [-0.39, 0.29) is 24.1 Å². The van der Waals surface area contributed by atoms with Gasteiger partial charge >= 0.3 is 5.63 Å². The Labute approximate surface area is 165 Å². The van der Waals surface area contributed by atoms with Crippen molar-refractivity contribution in [1.82, 2.24) is 14.8 Å². The van der Waals surface area contributed by atoms with Crippen molar-refractivity contribution in [2.24, 2.45) is 7.05 Å². The van der Waals surface area contributed by atoms with E-state index in [1.165, 1.54) is 11.8 Å². The molecule has 3 aromatic rings. The topological polar surface area (TPSA) is 99.2 Å². The van der Waals surface area contributed by atoms with Crippen LogP contribution in [-0.2, 0) is 24.7 Å². The quantitative estimate of drug-likeness (QED) is 0.519. The lowest BCUT2D eigenvalue weighted by molar-refractivity contribution is -0.118. The maximum atomic E-state index is 12.2. The molecule has 0 radical (unpaired) electrons. The highest BCUT2D eigenvalue weighted by atomic mass is 32.2. The number of nitrogens with one attached hydrogen (secondary N) is 1. The lowest BCUT2D eigenvalue weighted by atomic mass is 10.0. The zero-order valence-corrected chi connectivity index (χ0v) is 16.7. The van der Waals surface area contributed by atoms with Crippen molar-refractivity contribution < 1.29 is 13.9 Å². The van der Waals surface area contributed by atoms with Crippen molar-refractivity contribution in [1.29, 1.82) is 0 Å². The van der Waals surface area contributed by atoms with Gasteiger partial charge in [-0.15, -0.1) is 5.10 Å². The van der Waals surface area contributed by atoms with E-state index in [0.29, 0.717) is 22.1 Å². The standard InChI is InChI=1S/C19H20N4O4S/c1-10-14(26-9-15(24)20-18-21-19(28-3)23(2)22-18)8-7-12-11-5-4-6-13(11)17(25)27-16(10)12/h7-8H,4-6,9H2,1-3H3,(H,20,22,24). The largest absolute Gasteiger partial charge is 0.483 e. The Morgan fingerprint density at radius 3 is 2.89 bits per heavy atom. The van der Waals surface area contributed by atoms with Crippen molar-refractivity contribution in [3.05, 3.63) is 39.2 Å². The van der Waals surface area contributed by atoms with E-state index in [2.05, 4.69) is 15.4 Å². The Bertz CT molecular complexity index is 1140. The van der Waals surface area contributed by atoms with Crippen LogP contribution in [0.15, 0.2) is 26.5 Å². The molecule has 0 unspecified atom stereocenters. The second-order valence-electron chi connectivity index (χ2n) is 6.65. The molecular formula is C19H20N4O4S. The molecule has 1 aliphatic rings. The van der Waals surface area contributed by atoms with Gasteiger partial charge in [0.1, 0.15) is 11.3 Å². The third kappa shape index (κ3) is 3.26. The van der Waals surface area contributed by atoms with E-state index in [1.54, 1.807) is 11.7 Å². The van der Waals surface area contributed by atoms with E-state index in [0.717, 1.165) is 35.8 Å². The minimum atomic E-state index is -0.367. The van der Waals surface area contributed by atoms with Crippen LogP contribution in [0, 0.1) is 6.92 Å². The molecule has 0 aliphatic heterocycles. The lowest BCUT2D eigenvalue weighted by Crippen LogP contribution is -2.21. The van der Waals surface area contributed by atoms with Gasteiger partial charge in [-0.05, 0) is 50.1 Å². The molecule has 1 amide bonds. The van der Waals surface area contributed by atoms with E-state index in [9.17, 15) is 9.59 Å². The number of hydrogen-bond donors (Lipinski definition) is 1. The number of benzene rings is 1. The zero-order chi connectivity index (χ0) is 19.8. The van der Waals surface area contributed by atoms with Gasteiger partial charge in [-0.1, -0.05) is 11.8 Å². The highest BCUT2D eigenvalue weighted by Gasteiger charge is 2.21. The van der Waals surface area contributed by atoms with Crippen molar-refractivity contribution in [3.8, 4) is 5.75 Å². The van der Waals surface area contributed by atoms with Crippen LogP contribution in [0.3, 0.4) is 0 Å². The SMILES string of the molecule is CSc1nc(NC(=O)COc2ccc3c4c(c(=O)oc3c2C)CCC4)nn1C. The average molecular weight is 400 g/mol. The summed E-state index contributed by atoms with van der Waals surface area (Å²) in [7, 11) is 1.76. The molecule has 0 atom stereocenters. The van der Waals surface area contributed by atoms with Gasteiger partial charge in [0.2, 0.25) is 5.95 Å². The van der Waals surface area contributed by atoms with E-state index >= 15 is 0 Å². The first-order chi connectivity index (χ1) is 13.5. The predicted octanol–water partition coefficient (Wildman–Crippen LogP) is 2.46. The van der Waals surface area contributed by atoms with Crippen LogP contribution in [0.1, 0.15) is 23.1 Å². The second-order valence-corrected chi connectivity index (χ2v) is 7.42. The molecule has 2 heterocycles. The number of rotatable bonds is 5. The van der Waals surface area contributed by atoms with E-state index in [1.807, 2.05) is 25.3 Å². The van der Waals surface area contributed by atoms with Crippen LogP contribution in [0.2, 0.25) is 0 Å². The van der Waals surface area contributed by atoms with Crippen LogP contribution >= 0.6 is 11.8 Å². The minimum Gasteiger partial charge on any atom is -0.483 e. The molecule has 0 saturated heterocycles. The molecule has 0 fully saturated rings. The smallest absolute Gasteiger partial charge is 0.339 e. The molecule has 28 heavy (non-hydrogen) atoms. The molecule has 0 spiro atoms. The number of thioether (sulfide) groups is 1. The molecule has 8 nitrogen and oxygen atoms in total. The summed E-state index contributed by atoms with van der Waals surface area (Å²) < 4.78 is 12.8. The normalized spacial score (nSPS) is 13.0. The number of ether oxygens (including phenoxy) is 1. The summed E-state index contributed by atoms with van der Waals surface area (Å²) in [5.74, 6) is 0.368. The van der Waals surface area contributed by atoms with Crippen LogP contribution < -0.4 is 15.7 Å². The maximum Gasteiger partial charge on any atom is 0.339 e. The molecule has 146 valence electrons. The molecule has 0 saturated carbocycles. The summed E-state index contributed by atoms with van der Waals surface area (Å²) in [4.78, 5) is 28.6. The first kappa shape index (κ1) is 18.5. The van der Waals surface area contributed by atoms with Gasteiger partial charge in [-0.2, -0.15) is 4.98 Å². The van der Waals surface area contributed by atoms with Crippen LogP contribution in [0.5, 0.6) is 5.75 Å². The predicted molar refractivity (Wildman–Crippen MR) is 106 cm³/mol. The summed E-state index contributed by atoms with van der Waals surface area (Å²) in [5, 5.41) is 8.39. The summed E-state index contributed by atoms with van der Waals surface area (Å²) in [5.41, 5.74) is 2.82. The van der Waals surface area contributed by atoms with E-state index in [4.69, 9.17) is 9.15 Å². The van der Waals surface area contributed by atoms with Gasteiger partial charge in [0.05, 0.1) is 0 Å². The number of aryl methyl sites for hydroxylation is 3. The summed E-state index contributed by atoms with van der Waals surface area (Å²) in [6, 6.07) is 3.71. The fourth-order valence-corrected chi connectivity index (χ4v) is 4.01. The van der Waals surface area contributed by atoms with Gasteiger partial charge < -0.3 is 9.15 Å². The Hall–Kier alpha value is -2.81. The third-order valence-corrected chi connectivity index (χ3v) is 5.58. The number of anilines is 1. The first-order valence-electron chi connectivity index (χ1n) is 8.93. The Balaban J connectivity index is 1.52. The summed E-state index contributed by atoms with van der Waals surface area (Å²) in [6.07, 6.45) is 4.50. The first-order valence-corrected chi connectivity index (χ1v) is 10.2. The van der Waals surface area contributed by atoms with Crippen LogP contribution in [-0.4, -0.2) is 33.5 Å². The molecule has 1 aromatic carbocycles. The van der Waals surface area contributed by atoms with Crippen molar-refractivity contribution in [2.75, 3.05) is 18.2 Å². The van der Waals surface area contributed by atoms with Crippen molar-refractivity contribution >= 4 is 34.6 Å². The number of fused-ring (bicyclic) bond motifs is 3. The monoisotopic (exact) mass is 400 g/mol. The minimum absolute atomic E-state index is 0.200. The Morgan fingerprint density at radius 1 is 1.36 bits per heavy atom. The van der Waals surface area contributed by atoms with Crippen molar-refractivity contribution in [3.63, 3.8) is 0 Å². The number of amides is 1. The van der Waals surface area contributed by atoms with E-state index < -0.39 is 0 Å². The third-order valence-electron chi connectivity index (χ3n) is 4.86. The molecule has 1 N–H and O–H groups in total. The fourth-order valence-electron chi connectivity index (χ4n) is 3.52. The number of carbonyl (C=O) groups is 1. The van der Waals surface area contributed by atoms with Crippen molar-refractivity contribution in [2.45, 2.75) is 31.3 Å². The van der Waals surface area contributed by atoms with Gasteiger partial charge in [0, 0.05) is 23.6 Å². The zero-order valence-electron chi connectivity index (χ0n) is 15.9. The number of aromatic nitrogens is 3. The molecular weight excluding hydrogens is 380 g/mol. The molecule has 1 aliphatic carbocycles. The highest BCUT2D eigenvalue weighted by Crippen LogP contribution is 2.32. The van der Waals surface area contributed by atoms with Gasteiger partial charge in [-0.25, -0.2) is 9.48 Å². The molecule has 9 heteroatoms. The number of nitrogens with zero attached hydrogens (tertiary/aromatic N) is 3. The Morgan fingerprint density at radius 2 is 2.14 bits per heavy atom.